The van der Waals surface area contributed by atoms with Crippen molar-refractivity contribution in [1.29, 1.82) is 0 Å². The minimum absolute atomic E-state index is 0.218. The van der Waals surface area contributed by atoms with Crippen LogP contribution in [-0.4, -0.2) is 51.2 Å². The fourth-order valence-corrected chi connectivity index (χ4v) is 3.53. The van der Waals surface area contributed by atoms with Crippen molar-refractivity contribution in [2.75, 3.05) is 25.5 Å². The van der Waals surface area contributed by atoms with Crippen LogP contribution in [0.1, 0.15) is 12.8 Å². The summed E-state index contributed by atoms with van der Waals surface area (Å²) < 4.78 is 15.3. The van der Waals surface area contributed by atoms with Gasteiger partial charge in [0, 0.05) is 12.7 Å². The molecule has 30 heavy (non-hydrogen) atoms. The van der Waals surface area contributed by atoms with Crippen LogP contribution in [0.3, 0.4) is 0 Å². The summed E-state index contributed by atoms with van der Waals surface area (Å²) >= 11 is 0. The van der Waals surface area contributed by atoms with E-state index in [1.807, 2.05) is 12.1 Å². The average molecular weight is 413 g/mol. The van der Waals surface area contributed by atoms with Crippen molar-refractivity contribution >= 4 is 29.0 Å². The summed E-state index contributed by atoms with van der Waals surface area (Å²) in [5.74, 6) is 0.424. The van der Waals surface area contributed by atoms with E-state index in [1.165, 1.54) is 12.1 Å². The number of aromatic nitrogens is 3. The average Bonchev–Trinajstić information content (AvgIpc) is 2.74. The predicted molar refractivity (Wildman–Crippen MR) is 112 cm³/mol. The predicted octanol–water partition coefficient (Wildman–Crippen LogP) is 2.72. The molecule has 0 aliphatic carbocycles. The standard InChI is InChI=1S/C20H22FN5O.CH2O2/c1-25-9-6-14(7-10-25)13-26-19(27)17-11-15(21)4-5-18(17)24-20(26)23-16-3-2-8-22-12-16;2-1-3/h2-5,8,11-12,14H,6-7,9-10,13H2,1H3,(H,23,24);1H,(H,2,3). The monoisotopic (exact) mass is 413 g/mol. The van der Waals surface area contributed by atoms with E-state index in [2.05, 4.69) is 27.2 Å². The van der Waals surface area contributed by atoms with Crippen molar-refractivity contribution in [2.24, 2.45) is 5.92 Å². The zero-order valence-electron chi connectivity index (χ0n) is 16.7. The first-order chi connectivity index (χ1) is 14.5. The Morgan fingerprint density at radius 3 is 2.70 bits per heavy atom. The quantitative estimate of drug-likeness (QED) is 0.634. The molecule has 1 aromatic carbocycles. The summed E-state index contributed by atoms with van der Waals surface area (Å²) in [4.78, 5) is 32.5. The Morgan fingerprint density at radius 1 is 1.30 bits per heavy atom. The number of fused-ring (bicyclic) bond motifs is 1. The van der Waals surface area contributed by atoms with Crippen molar-refractivity contribution < 1.29 is 14.3 Å². The Hall–Kier alpha value is -3.33. The van der Waals surface area contributed by atoms with Gasteiger partial charge >= 0.3 is 0 Å². The molecule has 1 aliphatic heterocycles. The van der Waals surface area contributed by atoms with Crippen LogP contribution in [0.5, 0.6) is 0 Å². The van der Waals surface area contributed by atoms with E-state index in [4.69, 9.17) is 9.90 Å². The first-order valence-corrected chi connectivity index (χ1v) is 9.65. The lowest BCUT2D eigenvalue weighted by atomic mass is 9.97. The van der Waals surface area contributed by atoms with Gasteiger partial charge in [0.15, 0.2) is 0 Å². The molecule has 0 atom stereocenters. The number of piperidine rings is 1. The first kappa shape index (κ1) is 21.4. The van der Waals surface area contributed by atoms with E-state index in [0.717, 1.165) is 31.6 Å². The zero-order chi connectivity index (χ0) is 21.5. The molecule has 0 unspecified atom stereocenters. The molecule has 0 bridgehead atoms. The molecule has 1 saturated heterocycles. The second kappa shape index (κ2) is 9.93. The lowest BCUT2D eigenvalue weighted by Gasteiger charge is -2.29. The lowest BCUT2D eigenvalue weighted by Crippen LogP contribution is -2.34. The Labute approximate surface area is 173 Å². The molecule has 4 rings (SSSR count). The van der Waals surface area contributed by atoms with Crippen molar-refractivity contribution in [3.05, 3.63) is 58.9 Å². The maximum atomic E-state index is 13.7. The number of likely N-dealkylation sites (tertiary alicyclic amines) is 1. The summed E-state index contributed by atoms with van der Waals surface area (Å²) in [6, 6.07) is 7.82. The summed E-state index contributed by atoms with van der Waals surface area (Å²) in [7, 11) is 2.11. The highest BCUT2D eigenvalue weighted by Crippen LogP contribution is 2.22. The molecule has 1 aliphatic rings. The van der Waals surface area contributed by atoms with Crippen LogP contribution in [0.4, 0.5) is 16.0 Å². The number of benzene rings is 1. The van der Waals surface area contributed by atoms with Crippen molar-refractivity contribution in [3.63, 3.8) is 0 Å². The minimum Gasteiger partial charge on any atom is -0.483 e. The smallest absolute Gasteiger partial charge is 0.290 e. The Kier molecular flexibility index (Phi) is 7.08. The fourth-order valence-electron chi connectivity index (χ4n) is 3.53. The van der Waals surface area contributed by atoms with Gasteiger partial charge in [-0.3, -0.25) is 19.1 Å². The van der Waals surface area contributed by atoms with Gasteiger partial charge in [0.1, 0.15) is 5.82 Å². The molecule has 3 heterocycles. The molecule has 0 amide bonds. The van der Waals surface area contributed by atoms with Gasteiger partial charge in [0.2, 0.25) is 5.95 Å². The lowest BCUT2D eigenvalue weighted by molar-refractivity contribution is -0.122. The molecule has 0 spiro atoms. The molecule has 2 aromatic heterocycles. The van der Waals surface area contributed by atoms with Crippen molar-refractivity contribution in [1.82, 2.24) is 19.4 Å². The summed E-state index contributed by atoms with van der Waals surface area (Å²) in [5.41, 5.74) is 1.01. The maximum Gasteiger partial charge on any atom is 0.290 e. The van der Waals surface area contributed by atoms with Crippen molar-refractivity contribution in [2.45, 2.75) is 19.4 Å². The van der Waals surface area contributed by atoms with Crippen LogP contribution < -0.4 is 10.9 Å². The summed E-state index contributed by atoms with van der Waals surface area (Å²) in [6.07, 6.45) is 5.42. The zero-order valence-corrected chi connectivity index (χ0v) is 16.7. The molecular weight excluding hydrogens is 389 g/mol. The number of rotatable bonds is 4. The van der Waals surface area contributed by atoms with Gasteiger partial charge in [-0.25, -0.2) is 9.37 Å². The van der Waals surface area contributed by atoms with Gasteiger partial charge in [0.25, 0.3) is 12.0 Å². The highest BCUT2D eigenvalue weighted by Gasteiger charge is 2.20. The topological polar surface area (TPSA) is 100 Å². The van der Waals surface area contributed by atoms with E-state index < -0.39 is 5.82 Å². The number of pyridine rings is 1. The molecule has 1 fully saturated rings. The number of halogens is 1. The second-order valence-corrected chi connectivity index (χ2v) is 7.23. The first-order valence-electron chi connectivity index (χ1n) is 9.65. The number of carbonyl (C=O) groups is 1. The van der Waals surface area contributed by atoms with Crippen LogP contribution in [0.15, 0.2) is 47.5 Å². The molecule has 0 saturated carbocycles. The van der Waals surface area contributed by atoms with E-state index in [1.54, 1.807) is 23.0 Å². The Bertz CT molecular complexity index is 1050. The third kappa shape index (κ3) is 5.18. The molecule has 2 N–H and O–H groups in total. The second-order valence-electron chi connectivity index (χ2n) is 7.23. The normalized spacial score (nSPS) is 14.7. The van der Waals surface area contributed by atoms with Gasteiger partial charge in [-0.15, -0.1) is 0 Å². The molecular formula is C21H24FN5O3. The third-order valence-corrected chi connectivity index (χ3v) is 5.11. The number of hydrogen-bond donors (Lipinski definition) is 2. The number of nitrogens with one attached hydrogen (secondary N) is 1. The SMILES string of the molecule is CN1CCC(Cn2c(Nc3cccnc3)nc3ccc(F)cc3c2=O)CC1.O=CO. The van der Waals surface area contributed by atoms with Crippen LogP contribution in [-0.2, 0) is 11.3 Å². The highest BCUT2D eigenvalue weighted by atomic mass is 19.1. The third-order valence-electron chi connectivity index (χ3n) is 5.11. The Balaban J connectivity index is 0.000000806. The summed E-state index contributed by atoms with van der Waals surface area (Å²) in [5, 5.41) is 10.4. The van der Waals surface area contributed by atoms with Crippen LogP contribution in [0.25, 0.3) is 10.9 Å². The van der Waals surface area contributed by atoms with E-state index in [-0.39, 0.29) is 12.0 Å². The molecule has 0 radical (unpaired) electrons. The van der Waals surface area contributed by atoms with Gasteiger partial charge in [-0.1, -0.05) is 0 Å². The van der Waals surface area contributed by atoms with Gasteiger partial charge in [0.05, 0.1) is 22.8 Å². The van der Waals surface area contributed by atoms with Crippen LogP contribution >= 0.6 is 0 Å². The van der Waals surface area contributed by atoms with E-state index >= 15 is 0 Å². The Morgan fingerprint density at radius 2 is 2.03 bits per heavy atom. The van der Waals surface area contributed by atoms with E-state index in [9.17, 15) is 9.18 Å². The molecule has 9 heteroatoms. The summed E-state index contributed by atoms with van der Waals surface area (Å²) in [6.45, 7) is 2.34. The number of nitrogens with zero attached hydrogens (tertiary/aromatic N) is 4. The fraction of sp³-hybridized carbons (Fsp3) is 0.333. The van der Waals surface area contributed by atoms with Gasteiger partial charge < -0.3 is 15.3 Å². The van der Waals surface area contributed by atoms with Crippen LogP contribution in [0, 0.1) is 11.7 Å². The number of anilines is 2. The van der Waals surface area contributed by atoms with Gasteiger partial charge in [-0.2, -0.15) is 0 Å². The van der Waals surface area contributed by atoms with Crippen molar-refractivity contribution in [3.8, 4) is 0 Å². The van der Waals surface area contributed by atoms with Gasteiger partial charge in [-0.05, 0) is 69.2 Å². The molecule has 8 nitrogen and oxygen atoms in total. The molecule has 3 aromatic rings. The number of hydrogen-bond acceptors (Lipinski definition) is 6. The van der Waals surface area contributed by atoms with Crippen LogP contribution in [0.2, 0.25) is 0 Å². The highest BCUT2D eigenvalue weighted by molar-refractivity contribution is 5.79. The largest absolute Gasteiger partial charge is 0.483 e. The number of carboxylic acid groups (broad SMARTS) is 1. The maximum absolute atomic E-state index is 13.7. The van der Waals surface area contributed by atoms with E-state index in [0.29, 0.717) is 29.3 Å². The minimum atomic E-state index is -0.430. The molecule has 158 valence electrons.